The van der Waals surface area contributed by atoms with Gasteiger partial charge in [0, 0.05) is 11.3 Å². The molecule has 2 rings (SSSR count). The third-order valence-electron chi connectivity index (χ3n) is 2.47. The lowest BCUT2D eigenvalue weighted by molar-refractivity contribution is 1.02. The van der Waals surface area contributed by atoms with E-state index in [9.17, 15) is 0 Å². The first-order valence-electron chi connectivity index (χ1n) is 4.77. The summed E-state index contributed by atoms with van der Waals surface area (Å²) in [6.07, 6.45) is 0. The average molecular weight is 186 g/mol. The van der Waals surface area contributed by atoms with Gasteiger partial charge in [-0.05, 0) is 26.3 Å². The van der Waals surface area contributed by atoms with Crippen molar-refractivity contribution in [2.75, 3.05) is 0 Å². The van der Waals surface area contributed by atoms with Crippen LogP contribution in [0.2, 0.25) is 0 Å². The number of nitrogens with one attached hydrogen (secondary N) is 1. The average Bonchev–Trinajstić information content (AvgIpc) is 2.49. The first-order chi connectivity index (χ1) is 6.68. The van der Waals surface area contributed by atoms with Crippen LogP contribution < -0.4 is 0 Å². The summed E-state index contributed by atoms with van der Waals surface area (Å²) in [5.41, 5.74) is 5.94. The molecular weight excluding hydrogens is 172 g/mol. The summed E-state index contributed by atoms with van der Waals surface area (Å²) in [6.45, 7) is 6.17. The van der Waals surface area contributed by atoms with Crippen molar-refractivity contribution < 1.29 is 0 Å². The van der Waals surface area contributed by atoms with Crippen LogP contribution in [0.25, 0.3) is 11.1 Å². The summed E-state index contributed by atoms with van der Waals surface area (Å²) in [5.74, 6) is 0. The maximum atomic E-state index is 4.19. The number of aromatic nitrogens is 2. The van der Waals surface area contributed by atoms with Crippen molar-refractivity contribution >= 4 is 0 Å². The Hall–Kier alpha value is -1.57. The number of aryl methyl sites for hydroxylation is 3. The van der Waals surface area contributed by atoms with Gasteiger partial charge in [-0.3, -0.25) is 5.10 Å². The molecule has 0 unspecified atom stereocenters. The van der Waals surface area contributed by atoms with E-state index in [2.05, 4.69) is 48.3 Å². The highest BCUT2D eigenvalue weighted by molar-refractivity contribution is 5.68. The van der Waals surface area contributed by atoms with Crippen LogP contribution in [-0.4, -0.2) is 10.2 Å². The summed E-state index contributed by atoms with van der Waals surface area (Å²) in [6, 6.07) is 8.53. The number of hydrogen-bond acceptors (Lipinski definition) is 1. The van der Waals surface area contributed by atoms with E-state index in [1.54, 1.807) is 0 Å². The van der Waals surface area contributed by atoms with Crippen LogP contribution >= 0.6 is 0 Å². The second-order valence-electron chi connectivity index (χ2n) is 3.68. The molecule has 1 heterocycles. The zero-order valence-corrected chi connectivity index (χ0v) is 8.76. The first kappa shape index (κ1) is 9.00. The Morgan fingerprint density at radius 2 is 1.64 bits per heavy atom. The van der Waals surface area contributed by atoms with Gasteiger partial charge in [0.15, 0.2) is 0 Å². The Bertz CT molecular complexity index is 418. The lowest BCUT2D eigenvalue weighted by Crippen LogP contribution is -1.82. The molecule has 0 bridgehead atoms. The number of nitrogens with zero attached hydrogens (tertiary/aromatic N) is 1. The summed E-state index contributed by atoms with van der Waals surface area (Å²) < 4.78 is 0. The molecule has 0 radical (unpaired) electrons. The molecule has 0 aliphatic rings. The Balaban J connectivity index is 2.54. The second kappa shape index (κ2) is 3.29. The molecule has 1 aromatic heterocycles. The smallest absolute Gasteiger partial charge is 0.0672 e. The van der Waals surface area contributed by atoms with Crippen molar-refractivity contribution in [2.45, 2.75) is 20.8 Å². The van der Waals surface area contributed by atoms with Crippen LogP contribution in [0.5, 0.6) is 0 Å². The van der Waals surface area contributed by atoms with E-state index in [1.165, 1.54) is 16.7 Å². The largest absolute Gasteiger partial charge is 0.282 e. The van der Waals surface area contributed by atoms with Crippen molar-refractivity contribution in [3.8, 4) is 11.1 Å². The Labute approximate surface area is 84.0 Å². The van der Waals surface area contributed by atoms with Gasteiger partial charge in [0.1, 0.15) is 0 Å². The number of benzene rings is 1. The molecule has 0 saturated heterocycles. The Morgan fingerprint density at radius 3 is 2.14 bits per heavy atom. The van der Waals surface area contributed by atoms with Crippen molar-refractivity contribution in [1.29, 1.82) is 0 Å². The van der Waals surface area contributed by atoms with Gasteiger partial charge in [0.25, 0.3) is 0 Å². The highest BCUT2D eigenvalue weighted by atomic mass is 15.1. The van der Waals surface area contributed by atoms with Gasteiger partial charge in [-0.2, -0.15) is 5.10 Å². The van der Waals surface area contributed by atoms with E-state index >= 15 is 0 Å². The van der Waals surface area contributed by atoms with Crippen molar-refractivity contribution in [3.05, 3.63) is 41.2 Å². The molecule has 1 N–H and O–H groups in total. The molecule has 0 spiro atoms. The summed E-state index contributed by atoms with van der Waals surface area (Å²) in [5, 5.41) is 7.19. The Morgan fingerprint density at radius 1 is 1.00 bits per heavy atom. The molecule has 0 aliphatic carbocycles. The predicted octanol–water partition coefficient (Wildman–Crippen LogP) is 3.00. The van der Waals surface area contributed by atoms with Crippen LogP contribution in [0.1, 0.15) is 17.0 Å². The zero-order valence-electron chi connectivity index (χ0n) is 8.76. The van der Waals surface area contributed by atoms with Crippen molar-refractivity contribution in [1.82, 2.24) is 10.2 Å². The van der Waals surface area contributed by atoms with E-state index in [1.807, 2.05) is 6.92 Å². The molecule has 0 aliphatic heterocycles. The van der Waals surface area contributed by atoms with Crippen LogP contribution in [0, 0.1) is 20.8 Å². The normalized spacial score (nSPS) is 10.5. The molecule has 0 atom stereocenters. The van der Waals surface area contributed by atoms with E-state index in [-0.39, 0.29) is 0 Å². The standard InChI is InChI=1S/C12H14N2/c1-8-4-6-11(7-5-8)12-9(2)13-14-10(12)3/h4-7H,1-3H3,(H,13,14). The monoisotopic (exact) mass is 186 g/mol. The third kappa shape index (κ3) is 1.43. The van der Waals surface area contributed by atoms with E-state index in [0.29, 0.717) is 0 Å². The second-order valence-corrected chi connectivity index (χ2v) is 3.68. The summed E-state index contributed by atoms with van der Waals surface area (Å²) >= 11 is 0. The van der Waals surface area contributed by atoms with Gasteiger partial charge in [-0.15, -0.1) is 0 Å². The molecule has 72 valence electrons. The van der Waals surface area contributed by atoms with Gasteiger partial charge in [-0.25, -0.2) is 0 Å². The van der Waals surface area contributed by atoms with Crippen LogP contribution in [0.3, 0.4) is 0 Å². The fraction of sp³-hybridized carbons (Fsp3) is 0.250. The SMILES string of the molecule is Cc1ccc(-c2c(C)n[nH]c2C)cc1. The fourth-order valence-electron chi connectivity index (χ4n) is 1.70. The topological polar surface area (TPSA) is 28.7 Å². The lowest BCUT2D eigenvalue weighted by Gasteiger charge is -2.01. The van der Waals surface area contributed by atoms with Gasteiger partial charge in [0.2, 0.25) is 0 Å². The third-order valence-corrected chi connectivity index (χ3v) is 2.47. The molecule has 2 nitrogen and oxygen atoms in total. The maximum Gasteiger partial charge on any atom is 0.0672 e. The highest BCUT2D eigenvalue weighted by Gasteiger charge is 2.07. The molecule has 0 saturated carbocycles. The molecular formula is C12H14N2. The minimum Gasteiger partial charge on any atom is -0.282 e. The molecule has 2 aromatic rings. The number of rotatable bonds is 1. The minimum absolute atomic E-state index is 1.06. The predicted molar refractivity (Wildman–Crippen MR) is 58.2 cm³/mol. The van der Waals surface area contributed by atoms with Crippen molar-refractivity contribution in [2.24, 2.45) is 0 Å². The number of aromatic amines is 1. The number of H-pyrrole nitrogens is 1. The first-order valence-corrected chi connectivity index (χ1v) is 4.77. The van der Waals surface area contributed by atoms with Crippen molar-refractivity contribution in [3.63, 3.8) is 0 Å². The van der Waals surface area contributed by atoms with Gasteiger partial charge in [0.05, 0.1) is 5.69 Å². The van der Waals surface area contributed by atoms with E-state index < -0.39 is 0 Å². The number of hydrogen-bond donors (Lipinski definition) is 1. The minimum atomic E-state index is 1.06. The lowest BCUT2D eigenvalue weighted by atomic mass is 10.0. The van der Waals surface area contributed by atoms with E-state index in [4.69, 9.17) is 0 Å². The maximum absolute atomic E-state index is 4.19. The fourth-order valence-corrected chi connectivity index (χ4v) is 1.70. The van der Waals surface area contributed by atoms with Crippen LogP contribution in [-0.2, 0) is 0 Å². The zero-order chi connectivity index (χ0) is 10.1. The molecule has 2 heteroatoms. The molecule has 14 heavy (non-hydrogen) atoms. The molecule has 0 fully saturated rings. The summed E-state index contributed by atoms with van der Waals surface area (Å²) in [7, 11) is 0. The van der Waals surface area contributed by atoms with Crippen LogP contribution in [0.15, 0.2) is 24.3 Å². The quantitative estimate of drug-likeness (QED) is 0.728. The van der Waals surface area contributed by atoms with E-state index in [0.717, 1.165) is 11.4 Å². The Kier molecular flexibility index (Phi) is 2.12. The van der Waals surface area contributed by atoms with Gasteiger partial charge < -0.3 is 0 Å². The van der Waals surface area contributed by atoms with Crippen LogP contribution in [0.4, 0.5) is 0 Å². The van der Waals surface area contributed by atoms with Gasteiger partial charge >= 0.3 is 0 Å². The molecule has 1 aromatic carbocycles. The van der Waals surface area contributed by atoms with Gasteiger partial charge in [-0.1, -0.05) is 29.8 Å². The highest BCUT2D eigenvalue weighted by Crippen LogP contribution is 2.24. The summed E-state index contributed by atoms with van der Waals surface area (Å²) in [4.78, 5) is 0. The molecule has 0 amide bonds.